The molecule has 0 unspecified atom stereocenters. The lowest BCUT2D eigenvalue weighted by molar-refractivity contribution is -0.113. The van der Waals surface area contributed by atoms with Gasteiger partial charge in [0, 0.05) is 17.2 Å². The van der Waals surface area contributed by atoms with Crippen molar-refractivity contribution in [3.05, 3.63) is 83.2 Å². The number of amides is 1. The molecule has 22 heavy (non-hydrogen) atoms. The van der Waals surface area contributed by atoms with E-state index in [0.717, 1.165) is 10.6 Å². The zero-order valence-electron chi connectivity index (χ0n) is 11.8. The average Bonchev–Trinajstić information content (AvgIpc) is 3.09. The van der Waals surface area contributed by atoms with Crippen LogP contribution in [-0.4, -0.2) is 10.9 Å². The SMILES string of the molecule is O=C(/C=C\c1cccs1)N(c1ccccc1)c1ccccn1. The second-order valence-corrected chi connectivity index (χ2v) is 5.53. The molecule has 0 bridgehead atoms. The molecule has 1 aromatic carbocycles. The number of para-hydroxylation sites is 1. The Morgan fingerprint density at radius 3 is 2.50 bits per heavy atom. The van der Waals surface area contributed by atoms with Gasteiger partial charge in [0.1, 0.15) is 5.82 Å². The maximum Gasteiger partial charge on any atom is 0.256 e. The number of anilines is 2. The topological polar surface area (TPSA) is 33.2 Å². The predicted octanol–water partition coefficient (Wildman–Crippen LogP) is 4.52. The lowest BCUT2D eigenvalue weighted by Crippen LogP contribution is -2.24. The van der Waals surface area contributed by atoms with Crippen molar-refractivity contribution < 1.29 is 4.79 Å². The van der Waals surface area contributed by atoms with Crippen LogP contribution in [0.3, 0.4) is 0 Å². The van der Waals surface area contributed by atoms with Gasteiger partial charge >= 0.3 is 0 Å². The Morgan fingerprint density at radius 2 is 1.82 bits per heavy atom. The Bertz CT molecular complexity index is 713. The van der Waals surface area contributed by atoms with Gasteiger partial charge in [-0.05, 0) is 41.8 Å². The second-order valence-electron chi connectivity index (χ2n) is 4.55. The summed E-state index contributed by atoms with van der Waals surface area (Å²) in [6.07, 6.45) is 5.08. The van der Waals surface area contributed by atoms with E-state index in [-0.39, 0.29) is 5.91 Å². The smallest absolute Gasteiger partial charge is 0.256 e. The number of hydrogen-bond acceptors (Lipinski definition) is 3. The highest BCUT2D eigenvalue weighted by Gasteiger charge is 2.16. The van der Waals surface area contributed by atoms with Crippen LogP contribution in [0, 0.1) is 0 Å². The third-order valence-electron chi connectivity index (χ3n) is 3.05. The standard InChI is InChI=1S/C18H14N2OS/c21-18(12-11-16-9-6-14-22-16)20(15-7-2-1-3-8-15)17-10-4-5-13-19-17/h1-14H/b12-11-. The highest BCUT2D eigenvalue weighted by Crippen LogP contribution is 2.23. The van der Waals surface area contributed by atoms with Gasteiger partial charge in [0.2, 0.25) is 0 Å². The third-order valence-corrected chi connectivity index (χ3v) is 3.88. The highest BCUT2D eigenvalue weighted by molar-refractivity contribution is 7.10. The van der Waals surface area contributed by atoms with Crippen LogP contribution in [0.5, 0.6) is 0 Å². The number of carbonyl (C=O) groups excluding carboxylic acids is 1. The Balaban J connectivity index is 1.93. The fourth-order valence-electron chi connectivity index (χ4n) is 2.05. The van der Waals surface area contributed by atoms with Gasteiger partial charge < -0.3 is 0 Å². The van der Waals surface area contributed by atoms with Gasteiger partial charge in [0.05, 0.1) is 5.69 Å². The Morgan fingerprint density at radius 1 is 1.00 bits per heavy atom. The molecule has 3 aromatic rings. The number of hydrogen-bond donors (Lipinski definition) is 0. The third kappa shape index (κ3) is 3.30. The van der Waals surface area contributed by atoms with Gasteiger partial charge in [-0.3, -0.25) is 9.69 Å². The molecule has 4 heteroatoms. The van der Waals surface area contributed by atoms with E-state index in [1.54, 1.807) is 28.5 Å². The van der Waals surface area contributed by atoms with Crippen LogP contribution in [0.25, 0.3) is 6.08 Å². The van der Waals surface area contributed by atoms with Crippen LogP contribution >= 0.6 is 11.3 Å². The number of aromatic nitrogens is 1. The Kier molecular flexibility index (Phi) is 4.41. The molecule has 3 rings (SSSR count). The van der Waals surface area contributed by atoms with Crippen LogP contribution in [0.1, 0.15) is 4.88 Å². The van der Waals surface area contributed by atoms with Crippen molar-refractivity contribution in [3.63, 3.8) is 0 Å². The van der Waals surface area contributed by atoms with Crippen molar-refractivity contribution in [2.75, 3.05) is 4.90 Å². The molecule has 0 aliphatic carbocycles. The van der Waals surface area contributed by atoms with Crippen LogP contribution in [0.4, 0.5) is 11.5 Å². The molecule has 0 N–H and O–H groups in total. The fraction of sp³-hybridized carbons (Fsp3) is 0. The molecule has 0 aliphatic heterocycles. The Hall–Kier alpha value is -2.72. The van der Waals surface area contributed by atoms with Gasteiger partial charge in [0.15, 0.2) is 0 Å². The first kappa shape index (κ1) is 14.2. The zero-order valence-corrected chi connectivity index (χ0v) is 12.6. The van der Waals surface area contributed by atoms with Gasteiger partial charge in [-0.15, -0.1) is 11.3 Å². The molecule has 0 fully saturated rings. The van der Waals surface area contributed by atoms with E-state index in [2.05, 4.69) is 4.98 Å². The maximum atomic E-state index is 12.6. The molecule has 1 amide bonds. The highest BCUT2D eigenvalue weighted by atomic mass is 32.1. The summed E-state index contributed by atoms with van der Waals surface area (Å²) in [6.45, 7) is 0. The molecular formula is C18H14N2OS. The lowest BCUT2D eigenvalue weighted by atomic mass is 10.2. The molecule has 0 aliphatic rings. The minimum absolute atomic E-state index is 0.127. The van der Waals surface area contributed by atoms with Crippen LogP contribution in [0.15, 0.2) is 78.3 Å². The van der Waals surface area contributed by atoms with E-state index in [1.165, 1.54) is 0 Å². The normalized spacial score (nSPS) is 10.7. The molecule has 0 saturated carbocycles. The molecule has 2 aromatic heterocycles. The Labute approximate surface area is 133 Å². The molecule has 0 spiro atoms. The first-order chi connectivity index (χ1) is 10.8. The zero-order chi connectivity index (χ0) is 15.2. The molecule has 108 valence electrons. The second kappa shape index (κ2) is 6.83. The monoisotopic (exact) mass is 306 g/mol. The predicted molar refractivity (Wildman–Crippen MR) is 91.2 cm³/mol. The number of nitrogens with zero attached hydrogens (tertiary/aromatic N) is 2. The van der Waals surface area contributed by atoms with Gasteiger partial charge in [-0.2, -0.15) is 0 Å². The van der Waals surface area contributed by atoms with Crippen molar-refractivity contribution in [1.29, 1.82) is 0 Å². The first-order valence-electron chi connectivity index (χ1n) is 6.86. The first-order valence-corrected chi connectivity index (χ1v) is 7.74. The number of benzene rings is 1. The van der Waals surface area contributed by atoms with Gasteiger partial charge in [0.25, 0.3) is 5.91 Å². The molecule has 0 atom stereocenters. The summed E-state index contributed by atoms with van der Waals surface area (Å²) in [6, 6.07) is 19.0. The fourth-order valence-corrected chi connectivity index (χ4v) is 2.67. The van der Waals surface area contributed by atoms with E-state index in [9.17, 15) is 4.79 Å². The van der Waals surface area contributed by atoms with E-state index >= 15 is 0 Å². The number of carbonyl (C=O) groups is 1. The minimum Gasteiger partial charge on any atom is -0.269 e. The van der Waals surface area contributed by atoms with Crippen molar-refractivity contribution >= 4 is 34.8 Å². The van der Waals surface area contributed by atoms with Crippen LogP contribution in [0.2, 0.25) is 0 Å². The molecule has 0 radical (unpaired) electrons. The van der Waals surface area contributed by atoms with Crippen molar-refractivity contribution in [2.45, 2.75) is 0 Å². The molecule has 3 nitrogen and oxygen atoms in total. The minimum atomic E-state index is -0.127. The summed E-state index contributed by atoms with van der Waals surface area (Å²) >= 11 is 1.60. The van der Waals surface area contributed by atoms with E-state index in [1.807, 2.05) is 72.1 Å². The number of thiophene rings is 1. The summed E-state index contributed by atoms with van der Waals surface area (Å²) in [7, 11) is 0. The average molecular weight is 306 g/mol. The van der Waals surface area contributed by atoms with Gasteiger partial charge in [-0.1, -0.05) is 30.3 Å². The molecule has 2 heterocycles. The van der Waals surface area contributed by atoms with Crippen LogP contribution < -0.4 is 4.90 Å². The summed E-state index contributed by atoms with van der Waals surface area (Å²) in [5.74, 6) is 0.479. The van der Waals surface area contributed by atoms with E-state index in [0.29, 0.717) is 5.82 Å². The summed E-state index contributed by atoms with van der Waals surface area (Å²) < 4.78 is 0. The summed E-state index contributed by atoms with van der Waals surface area (Å²) in [5.41, 5.74) is 0.794. The summed E-state index contributed by atoms with van der Waals surface area (Å²) in [4.78, 5) is 19.6. The molecular weight excluding hydrogens is 292 g/mol. The van der Waals surface area contributed by atoms with Crippen molar-refractivity contribution in [1.82, 2.24) is 4.98 Å². The van der Waals surface area contributed by atoms with E-state index < -0.39 is 0 Å². The number of rotatable bonds is 4. The maximum absolute atomic E-state index is 12.6. The summed E-state index contributed by atoms with van der Waals surface area (Å²) in [5, 5.41) is 1.98. The molecule has 0 saturated heterocycles. The number of pyridine rings is 1. The van der Waals surface area contributed by atoms with Crippen molar-refractivity contribution in [3.8, 4) is 0 Å². The lowest BCUT2D eigenvalue weighted by Gasteiger charge is -2.20. The largest absolute Gasteiger partial charge is 0.269 e. The van der Waals surface area contributed by atoms with Crippen molar-refractivity contribution in [2.24, 2.45) is 0 Å². The van der Waals surface area contributed by atoms with E-state index in [4.69, 9.17) is 0 Å². The van der Waals surface area contributed by atoms with Crippen LogP contribution in [-0.2, 0) is 4.79 Å². The van der Waals surface area contributed by atoms with Gasteiger partial charge in [-0.25, -0.2) is 4.98 Å². The quantitative estimate of drug-likeness (QED) is 0.664.